The first kappa shape index (κ1) is 20.9. The third kappa shape index (κ3) is 3.74. The van der Waals surface area contributed by atoms with Gasteiger partial charge in [-0.25, -0.2) is 27.0 Å². The van der Waals surface area contributed by atoms with Crippen LogP contribution in [0.2, 0.25) is 0 Å². The molecule has 3 heterocycles. The van der Waals surface area contributed by atoms with Gasteiger partial charge in [-0.2, -0.15) is 0 Å². The Hall–Kier alpha value is -3.40. The maximum Gasteiger partial charge on any atom is 0.310 e. The van der Waals surface area contributed by atoms with E-state index in [1.54, 1.807) is 55.2 Å². The average Bonchev–Trinajstić information content (AvgIpc) is 3.36. The van der Waals surface area contributed by atoms with Crippen LogP contribution in [0.15, 0.2) is 53.9 Å². The maximum atomic E-state index is 13.2. The number of hydrogen-bond acceptors (Lipinski definition) is 7. The van der Waals surface area contributed by atoms with E-state index < -0.39 is 10.0 Å². The van der Waals surface area contributed by atoms with E-state index in [0.717, 1.165) is 5.56 Å². The summed E-state index contributed by atoms with van der Waals surface area (Å²) in [6.45, 7) is 6.09. The molecule has 0 aliphatic heterocycles. The molecule has 0 bridgehead atoms. The SMILES string of the molecule is CCOC(=O)C(C)CNn1cnc2cnc3c(ccn3S(=O)(=O)c3ccc(C)cc3)c21. The Morgan fingerprint density at radius 1 is 1.19 bits per heavy atom. The van der Waals surface area contributed by atoms with Crippen molar-refractivity contribution in [2.45, 2.75) is 25.7 Å². The second-order valence-electron chi connectivity index (χ2n) is 7.29. The molecule has 0 aliphatic rings. The molecular formula is C21H23N5O4S. The largest absolute Gasteiger partial charge is 0.466 e. The highest BCUT2D eigenvalue weighted by atomic mass is 32.2. The monoisotopic (exact) mass is 441 g/mol. The van der Waals surface area contributed by atoms with Crippen LogP contribution >= 0.6 is 0 Å². The number of ether oxygens (including phenoxy) is 1. The Kier molecular flexibility index (Phi) is 5.40. The lowest BCUT2D eigenvalue weighted by molar-refractivity contribution is -0.146. The van der Waals surface area contributed by atoms with Gasteiger partial charge in [-0.3, -0.25) is 4.79 Å². The van der Waals surface area contributed by atoms with Crippen molar-refractivity contribution in [3.63, 3.8) is 0 Å². The first-order chi connectivity index (χ1) is 14.8. The number of nitrogens with zero attached hydrogens (tertiary/aromatic N) is 4. The predicted molar refractivity (Wildman–Crippen MR) is 117 cm³/mol. The molecule has 1 N–H and O–H groups in total. The summed E-state index contributed by atoms with van der Waals surface area (Å²) < 4.78 is 34.2. The van der Waals surface area contributed by atoms with E-state index >= 15 is 0 Å². The normalized spacial score (nSPS) is 12.9. The number of carbonyl (C=O) groups is 1. The number of nitrogens with one attached hydrogen (secondary N) is 1. The lowest BCUT2D eigenvalue weighted by Gasteiger charge is -2.14. The third-order valence-electron chi connectivity index (χ3n) is 5.02. The summed E-state index contributed by atoms with van der Waals surface area (Å²) >= 11 is 0. The lowest BCUT2D eigenvalue weighted by Crippen LogP contribution is -2.27. The van der Waals surface area contributed by atoms with Gasteiger partial charge in [-0.05, 0) is 32.0 Å². The molecule has 0 amide bonds. The lowest BCUT2D eigenvalue weighted by atomic mass is 10.2. The minimum atomic E-state index is -3.80. The van der Waals surface area contributed by atoms with Crippen molar-refractivity contribution in [3.8, 4) is 0 Å². The Morgan fingerprint density at radius 3 is 2.65 bits per heavy atom. The molecule has 0 spiro atoms. The Labute approximate surface area is 179 Å². The van der Waals surface area contributed by atoms with Crippen molar-refractivity contribution in [3.05, 3.63) is 54.6 Å². The van der Waals surface area contributed by atoms with E-state index in [9.17, 15) is 13.2 Å². The molecule has 1 unspecified atom stereocenters. The smallest absolute Gasteiger partial charge is 0.310 e. The zero-order valence-corrected chi connectivity index (χ0v) is 18.3. The van der Waals surface area contributed by atoms with Crippen LogP contribution in [0.3, 0.4) is 0 Å². The van der Waals surface area contributed by atoms with Crippen molar-refractivity contribution < 1.29 is 17.9 Å². The van der Waals surface area contributed by atoms with Crippen LogP contribution in [-0.4, -0.2) is 46.2 Å². The number of aromatic nitrogens is 4. The van der Waals surface area contributed by atoms with Gasteiger partial charge in [0.1, 0.15) is 17.4 Å². The molecule has 0 saturated carbocycles. The second-order valence-corrected chi connectivity index (χ2v) is 9.10. The Bertz CT molecular complexity index is 1360. The number of hydrogen-bond donors (Lipinski definition) is 1. The van der Waals surface area contributed by atoms with Crippen molar-refractivity contribution in [2.75, 3.05) is 18.6 Å². The molecule has 1 atom stereocenters. The van der Waals surface area contributed by atoms with Crippen molar-refractivity contribution in [1.29, 1.82) is 0 Å². The number of fused-ring (bicyclic) bond motifs is 3. The summed E-state index contributed by atoms with van der Waals surface area (Å²) in [6.07, 6.45) is 4.60. The van der Waals surface area contributed by atoms with Gasteiger partial charge in [0.15, 0.2) is 5.65 Å². The first-order valence-corrected chi connectivity index (χ1v) is 11.3. The fraction of sp³-hybridized carbons (Fsp3) is 0.286. The first-order valence-electron chi connectivity index (χ1n) is 9.88. The van der Waals surface area contributed by atoms with E-state index in [4.69, 9.17) is 4.74 Å². The van der Waals surface area contributed by atoms with Gasteiger partial charge in [-0.15, -0.1) is 0 Å². The molecule has 0 aliphatic carbocycles. The Morgan fingerprint density at radius 2 is 1.94 bits per heavy atom. The molecule has 31 heavy (non-hydrogen) atoms. The number of aryl methyl sites for hydroxylation is 1. The second kappa shape index (κ2) is 8.03. The zero-order chi connectivity index (χ0) is 22.2. The fourth-order valence-electron chi connectivity index (χ4n) is 3.30. The van der Waals surface area contributed by atoms with Gasteiger partial charge in [0, 0.05) is 18.1 Å². The van der Waals surface area contributed by atoms with Crippen LogP contribution in [0.5, 0.6) is 0 Å². The molecule has 0 saturated heterocycles. The summed E-state index contributed by atoms with van der Waals surface area (Å²) in [7, 11) is -3.80. The van der Waals surface area contributed by atoms with E-state index in [2.05, 4.69) is 15.4 Å². The van der Waals surface area contributed by atoms with Crippen molar-refractivity contribution in [2.24, 2.45) is 5.92 Å². The highest BCUT2D eigenvalue weighted by molar-refractivity contribution is 7.90. The summed E-state index contributed by atoms with van der Waals surface area (Å²) in [5.74, 6) is -0.650. The molecule has 4 aromatic rings. The minimum absolute atomic E-state index is 0.187. The molecule has 0 radical (unpaired) electrons. The molecule has 4 rings (SSSR count). The number of rotatable bonds is 7. The topological polar surface area (TPSA) is 108 Å². The number of pyridine rings is 1. The number of esters is 1. The van der Waals surface area contributed by atoms with Gasteiger partial charge in [0.05, 0.1) is 23.6 Å². The molecule has 10 heteroatoms. The van der Waals surface area contributed by atoms with Gasteiger partial charge in [0.2, 0.25) is 0 Å². The van der Waals surface area contributed by atoms with E-state index in [0.29, 0.717) is 35.2 Å². The zero-order valence-electron chi connectivity index (χ0n) is 17.4. The van der Waals surface area contributed by atoms with E-state index in [1.807, 2.05) is 6.92 Å². The molecule has 9 nitrogen and oxygen atoms in total. The summed E-state index contributed by atoms with van der Waals surface area (Å²) in [5, 5.41) is 0.627. The fourth-order valence-corrected chi connectivity index (χ4v) is 4.61. The van der Waals surface area contributed by atoms with Gasteiger partial charge in [-0.1, -0.05) is 24.6 Å². The summed E-state index contributed by atoms with van der Waals surface area (Å²) in [5.41, 5.74) is 5.71. The summed E-state index contributed by atoms with van der Waals surface area (Å²) in [6, 6.07) is 8.38. The number of carbonyl (C=O) groups excluding carboxylic acids is 1. The van der Waals surface area contributed by atoms with Gasteiger partial charge in [0.25, 0.3) is 10.0 Å². The predicted octanol–water partition coefficient (Wildman–Crippen LogP) is 2.67. The number of imidazole rings is 1. The van der Waals surface area contributed by atoms with E-state index in [-0.39, 0.29) is 16.8 Å². The van der Waals surface area contributed by atoms with Gasteiger partial charge >= 0.3 is 5.97 Å². The van der Waals surface area contributed by atoms with Crippen LogP contribution < -0.4 is 5.43 Å². The van der Waals surface area contributed by atoms with Gasteiger partial charge < -0.3 is 10.2 Å². The van der Waals surface area contributed by atoms with E-state index in [1.165, 1.54) is 16.4 Å². The highest BCUT2D eigenvalue weighted by Crippen LogP contribution is 2.26. The van der Waals surface area contributed by atoms with Crippen molar-refractivity contribution >= 4 is 38.1 Å². The van der Waals surface area contributed by atoms with Crippen LogP contribution in [-0.2, 0) is 19.6 Å². The molecule has 0 fully saturated rings. The molecule has 1 aromatic carbocycles. The van der Waals surface area contributed by atoms with Crippen LogP contribution in [0, 0.1) is 12.8 Å². The minimum Gasteiger partial charge on any atom is -0.466 e. The third-order valence-corrected chi connectivity index (χ3v) is 6.70. The summed E-state index contributed by atoms with van der Waals surface area (Å²) in [4.78, 5) is 20.7. The molecular weight excluding hydrogens is 418 g/mol. The Balaban J connectivity index is 1.73. The average molecular weight is 442 g/mol. The quantitative estimate of drug-likeness (QED) is 0.439. The molecule has 162 valence electrons. The number of benzene rings is 1. The van der Waals surface area contributed by atoms with Crippen LogP contribution in [0.1, 0.15) is 19.4 Å². The standard InChI is InChI=1S/C21H23N5O4S/c1-4-30-21(27)15(3)11-24-25-13-23-18-12-22-20-17(19(18)25)9-10-26(20)31(28,29)16-7-5-14(2)6-8-16/h5-10,12-13,15,24H,4,11H2,1-3H3. The van der Waals surface area contributed by atoms with Crippen molar-refractivity contribution in [1.82, 2.24) is 18.6 Å². The highest BCUT2D eigenvalue weighted by Gasteiger charge is 2.22. The maximum absolute atomic E-state index is 13.2. The molecule has 3 aromatic heterocycles. The van der Waals surface area contributed by atoms with Crippen LogP contribution in [0.4, 0.5) is 0 Å². The van der Waals surface area contributed by atoms with Crippen LogP contribution in [0.25, 0.3) is 22.1 Å².